The number of carbonyl (C=O) groups excluding carboxylic acids is 2. The van der Waals surface area contributed by atoms with Crippen LogP contribution in [0.25, 0.3) is 11.1 Å². The SMILES string of the molecule is Cc1cc(/C=C2/C(=O)NN(c3ccccc3)C2=O)c(C)n1-c1sc2c(c1C#N)CCCC2. The minimum atomic E-state index is -0.423. The van der Waals surface area contributed by atoms with Crippen LogP contribution >= 0.6 is 11.3 Å². The summed E-state index contributed by atoms with van der Waals surface area (Å²) in [6.45, 7) is 3.95. The van der Waals surface area contributed by atoms with E-state index in [0.717, 1.165) is 53.2 Å². The quantitative estimate of drug-likeness (QED) is 0.483. The number of rotatable bonds is 3. The van der Waals surface area contributed by atoms with Crippen molar-refractivity contribution < 1.29 is 9.59 Å². The number of amides is 2. The molecule has 3 heterocycles. The van der Waals surface area contributed by atoms with Crippen LogP contribution in [0.5, 0.6) is 0 Å². The maximum absolute atomic E-state index is 13.0. The van der Waals surface area contributed by atoms with E-state index in [1.807, 2.05) is 38.1 Å². The average molecular weight is 443 g/mol. The minimum Gasteiger partial charge on any atom is -0.308 e. The lowest BCUT2D eigenvalue weighted by atomic mass is 9.96. The van der Waals surface area contributed by atoms with Gasteiger partial charge in [-0.15, -0.1) is 11.3 Å². The van der Waals surface area contributed by atoms with Gasteiger partial charge < -0.3 is 4.57 Å². The van der Waals surface area contributed by atoms with E-state index in [0.29, 0.717) is 5.69 Å². The minimum absolute atomic E-state index is 0.0973. The topological polar surface area (TPSA) is 78.1 Å². The number of aryl methyl sites for hydroxylation is 2. The third-order valence-electron chi connectivity index (χ3n) is 6.14. The van der Waals surface area contributed by atoms with Gasteiger partial charge in [-0.05, 0) is 74.9 Å². The average Bonchev–Trinajstić information content (AvgIpc) is 3.40. The predicted octanol–water partition coefficient (Wildman–Crippen LogP) is 4.37. The second-order valence-corrected chi connectivity index (χ2v) is 9.22. The normalized spacial score (nSPS) is 16.9. The van der Waals surface area contributed by atoms with Crippen molar-refractivity contribution in [3.05, 3.63) is 74.9 Å². The van der Waals surface area contributed by atoms with E-state index >= 15 is 0 Å². The molecule has 1 aliphatic carbocycles. The van der Waals surface area contributed by atoms with Crippen LogP contribution in [-0.2, 0) is 22.4 Å². The number of carbonyl (C=O) groups is 2. The van der Waals surface area contributed by atoms with Crippen LogP contribution in [0.4, 0.5) is 5.69 Å². The zero-order valence-corrected chi connectivity index (χ0v) is 18.8. The van der Waals surface area contributed by atoms with Crippen molar-refractivity contribution >= 4 is 34.9 Å². The van der Waals surface area contributed by atoms with Crippen molar-refractivity contribution in [2.24, 2.45) is 0 Å². The second-order valence-electron chi connectivity index (χ2n) is 8.14. The van der Waals surface area contributed by atoms with Crippen molar-refractivity contribution in [1.82, 2.24) is 9.99 Å². The summed E-state index contributed by atoms with van der Waals surface area (Å²) in [6, 6.07) is 13.4. The maximum Gasteiger partial charge on any atom is 0.282 e. The van der Waals surface area contributed by atoms with Crippen LogP contribution < -0.4 is 10.4 Å². The summed E-state index contributed by atoms with van der Waals surface area (Å²) >= 11 is 1.69. The molecule has 3 aromatic rings. The van der Waals surface area contributed by atoms with Crippen molar-refractivity contribution in [1.29, 1.82) is 5.26 Å². The molecule has 0 saturated carbocycles. The van der Waals surface area contributed by atoms with Crippen molar-refractivity contribution in [3.63, 3.8) is 0 Å². The van der Waals surface area contributed by atoms with Crippen LogP contribution in [0.15, 0.2) is 42.0 Å². The van der Waals surface area contributed by atoms with Crippen LogP contribution in [0.1, 0.15) is 45.8 Å². The smallest absolute Gasteiger partial charge is 0.282 e. The first kappa shape index (κ1) is 20.3. The van der Waals surface area contributed by atoms with Crippen LogP contribution in [0, 0.1) is 25.2 Å². The molecule has 1 fully saturated rings. The van der Waals surface area contributed by atoms with E-state index in [1.165, 1.54) is 15.4 Å². The fourth-order valence-corrected chi connectivity index (χ4v) is 5.99. The Morgan fingerprint density at radius 2 is 1.88 bits per heavy atom. The molecule has 5 rings (SSSR count). The first-order chi connectivity index (χ1) is 15.5. The van der Waals surface area contributed by atoms with Crippen LogP contribution in [-0.4, -0.2) is 16.4 Å². The zero-order valence-electron chi connectivity index (χ0n) is 17.9. The summed E-state index contributed by atoms with van der Waals surface area (Å²) in [6.07, 6.45) is 5.91. The fourth-order valence-electron chi connectivity index (χ4n) is 4.54. The van der Waals surface area contributed by atoms with E-state index in [4.69, 9.17) is 0 Å². The van der Waals surface area contributed by atoms with Gasteiger partial charge in [-0.2, -0.15) is 5.26 Å². The van der Waals surface area contributed by atoms with Crippen LogP contribution in [0.3, 0.4) is 0 Å². The lowest BCUT2D eigenvalue weighted by Gasteiger charge is -2.13. The molecule has 1 saturated heterocycles. The number of hydrogen-bond donors (Lipinski definition) is 1. The number of nitrogens with zero attached hydrogens (tertiary/aromatic N) is 3. The molecular weight excluding hydrogens is 420 g/mol. The third-order valence-corrected chi connectivity index (χ3v) is 7.42. The second kappa shape index (κ2) is 7.81. The number of aromatic nitrogens is 1. The van der Waals surface area contributed by atoms with Gasteiger partial charge in [0, 0.05) is 16.3 Å². The number of fused-ring (bicyclic) bond motifs is 1. The first-order valence-electron chi connectivity index (χ1n) is 10.7. The van der Waals surface area contributed by atoms with Gasteiger partial charge in [0.25, 0.3) is 11.8 Å². The van der Waals surface area contributed by atoms with Gasteiger partial charge in [-0.3, -0.25) is 15.0 Å². The number of hydrogen-bond acceptors (Lipinski definition) is 4. The number of nitrogens with one attached hydrogen (secondary N) is 1. The highest BCUT2D eigenvalue weighted by Gasteiger charge is 2.34. The zero-order chi connectivity index (χ0) is 22.4. The van der Waals surface area contributed by atoms with E-state index in [9.17, 15) is 14.9 Å². The molecule has 32 heavy (non-hydrogen) atoms. The molecule has 1 aliphatic heterocycles. The van der Waals surface area contributed by atoms with Gasteiger partial charge in [-0.25, -0.2) is 5.01 Å². The van der Waals surface area contributed by atoms with Crippen molar-refractivity contribution in [2.45, 2.75) is 39.5 Å². The summed E-state index contributed by atoms with van der Waals surface area (Å²) in [5, 5.41) is 12.1. The largest absolute Gasteiger partial charge is 0.308 e. The molecule has 0 atom stereocenters. The van der Waals surface area contributed by atoms with Gasteiger partial charge in [0.2, 0.25) is 0 Å². The number of nitriles is 1. The Morgan fingerprint density at radius 3 is 2.62 bits per heavy atom. The lowest BCUT2D eigenvalue weighted by molar-refractivity contribution is -0.117. The summed E-state index contributed by atoms with van der Waals surface area (Å²) in [7, 11) is 0. The van der Waals surface area contributed by atoms with E-state index in [-0.39, 0.29) is 11.5 Å². The Labute approximate surface area is 190 Å². The molecule has 0 bridgehead atoms. The summed E-state index contributed by atoms with van der Waals surface area (Å²) in [4.78, 5) is 26.8. The number of benzene rings is 1. The molecule has 7 heteroatoms. The monoisotopic (exact) mass is 442 g/mol. The van der Waals surface area contributed by atoms with Gasteiger partial charge in [0.05, 0.1) is 11.3 Å². The number of hydrazine groups is 1. The van der Waals surface area contributed by atoms with Gasteiger partial charge in [-0.1, -0.05) is 18.2 Å². The Kier molecular flexibility index (Phi) is 4.95. The van der Waals surface area contributed by atoms with Gasteiger partial charge in [0.1, 0.15) is 16.6 Å². The molecule has 1 aromatic carbocycles. The molecule has 0 spiro atoms. The molecule has 0 radical (unpaired) electrons. The van der Waals surface area contributed by atoms with E-state index in [2.05, 4.69) is 16.1 Å². The third kappa shape index (κ3) is 3.15. The molecular formula is C25H22N4O2S. The maximum atomic E-state index is 13.0. The van der Waals surface area contributed by atoms with Gasteiger partial charge >= 0.3 is 0 Å². The van der Waals surface area contributed by atoms with Crippen molar-refractivity contribution in [3.8, 4) is 11.1 Å². The van der Waals surface area contributed by atoms with E-state index < -0.39 is 5.91 Å². The van der Waals surface area contributed by atoms with E-state index in [1.54, 1.807) is 29.5 Å². The standard InChI is InChI=1S/C25H22N4O2S/c1-15-12-17(13-20-23(30)27-29(24(20)31)18-8-4-3-5-9-18)16(2)28(15)25-21(14-26)19-10-6-7-11-22(19)32-25/h3-5,8-9,12-13H,6-7,10-11H2,1-2H3,(H,27,30)/b20-13-. The highest BCUT2D eigenvalue weighted by Crippen LogP contribution is 2.38. The number of thiophene rings is 1. The summed E-state index contributed by atoms with van der Waals surface area (Å²) < 4.78 is 2.08. The molecule has 2 aliphatic rings. The highest BCUT2D eigenvalue weighted by molar-refractivity contribution is 7.15. The Balaban J connectivity index is 1.55. The van der Waals surface area contributed by atoms with Gasteiger partial charge in [0.15, 0.2) is 0 Å². The summed E-state index contributed by atoms with van der Waals surface area (Å²) in [5.41, 5.74) is 7.97. The lowest BCUT2D eigenvalue weighted by Crippen LogP contribution is -2.35. The number of anilines is 1. The molecule has 2 aromatic heterocycles. The Morgan fingerprint density at radius 1 is 1.12 bits per heavy atom. The highest BCUT2D eigenvalue weighted by atomic mass is 32.1. The summed E-state index contributed by atoms with van der Waals surface area (Å²) in [5.74, 6) is -0.803. The molecule has 2 amide bonds. The fraction of sp³-hybridized carbons (Fsp3) is 0.240. The Hall–Kier alpha value is -3.63. The molecule has 6 nitrogen and oxygen atoms in total. The molecule has 1 N–H and O–H groups in total. The first-order valence-corrected chi connectivity index (χ1v) is 11.5. The number of para-hydroxylation sites is 1. The molecule has 0 unspecified atom stereocenters. The Bertz CT molecular complexity index is 1320. The molecule has 160 valence electrons. The predicted molar refractivity (Wildman–Crippen MR) is 125 cm³/mol. The van der Waals surface area contributed by atoms with Crippen LogP contribution in [0.2, 0.25) is 0 Å². The van der Waals surface area contributed by atoms with Crippen molar-refractivity contribution in [2.75, 3.05) is 5.01 Å².